The summed E-state index contributed by atoms with van der Waals surface area (Å²) in [6.07, 6.45) is 0.0138. The second kappa shape index (κ2) is 7.48. The average molecular weight is 268 g/mol. The van der Waals surface area contributed by atoms with Crippen molar-refractivity contribution in [3.63, 3.8) is 0 Å². The lowest BCUT2D eigenvalue weighted by Crippen LogP contribution is -2.47. The van der Waals surface area contributed by atoms with Gasteiger partial charge in [-0.05, 0) is 18.6 Å². The molecule has 104 valence electrons. The van der Waals surface area contributed by atoms with E-state index < -0.39 is 23.7 Å². The van der Waals surface area contributed by atoms with Gasteiger partial charge in [0.15, 0.2) is 0 Å². The van der Waals surface area contributed by atoms with Crippen molar-refractivity contribution < 1.29 is 18.7 Å². The highest BCUT2D eigenvalue weighted by atomic mass is 19.1. The van der Waals surface area contributed by atoms with Crippen molar-refractivity contribution in [3.8, 4) is 0 Å². The highest BCUT2D eigenvalue weighted by molar-refractivity contribution is 5.87. The van der Waals surface area contributed by atoms with Crippen LogP contribution in [0.3, 0.4) is 0 Å². The van der Waals surface area contributed by atoms with Crippen LogP contribution in [0.1, 0.15) is 12.5 Å². The number of amides is 2. The Hall–Kier alpha value is -1.95. The maximum atomic E-state index is 13.5. The van der Waals surface area contributed by atoms with Gasteiger partial charge in [-0.3, -0.25) is 9.59 Å². The fourth-order valence-electron chi connectivity index (χ4n) is 1.54. The van der Waals surface area contributed by atoms with Gasteiger partial charge in [-0.25, -0.2) is 4.39 Å². The van der Waals surface area contributed by atoms with E-state index in [1.807, 2.05) is 0 Å². The Balaban J connectivity index is 2.66. The predicted octanol–water partition coefficient (Wildman–Crippen LogP) is 0.375. The summed E-state index contributed by atoms with van der Waals surface area (Å²) in [7, 11) is 0. The molecule has 0 fully saturated rings. The second-order valence-corrected chi connectivity index (χ2v) is 3.96. The Labute approximate surface area is 110 Å². The Morgan fingerprint density at radius 2 is 2.11 bits per heavy atom. The first kappa shape index (κ1) is 15.1. The zero-order chi connectivity index (χ0) is 14.3. The predicted molar refractivity (Wildman–Crippen MR) is 67.7 cm³/mol. The van der Waals surface area contributed by atoms with Gasteiger partial charge in [-0.1, -0.05) is 18.2 Å². The quantitative estimate of drug-likeness (QED) is 0.750. The standard InChI is InChI=1S/C13H17FN2O3/c1-2-19-8-12(17)16-11(13(15)18)7-9-5-3-4-6-10(9)14/h3-6,11H,2,7-8H2,1H3,(H2,15,18)(H,16,17)/t11-/m1/s1. The van der Waals surface area contributed by atoms with E-state index in [-0.39, 0.29) is 13.0 Å². The van der Waals surface area contributed by atoms with Crippen molar-refractivity contribution in [3.05, 3.63) is 35.6 Å². The van der Waals surface area contributed by atoms with Crippen molar-refractivity contribution in [1.29, 1.82) is 0 Å². The maximum absolute atomic E-state index is 13.5. The molecule has 0 aliphatic rings. The fourth-order valence-corrected chi connectivity index (χ4v) is 1.54. The van der Waals surface area contributed by atoms with Crippen LogP contribution in [-0.2, 0) is 20.7 Å². The third kappa shape index (κ3) is 5.05. The molecule has 0 heterocycles. The van der Waals surface area contributed by atoms with Crippen LogP contribution >= 0.6 is 0 Å². The van der Waals surface area contributed by atoms with Gasteiger partial charge in [0.1, 0.15) is 18.5 Å². The van der Waals surface area contributed by atoms with Crippen LogP contribution in [-0.4, -0.2) is 31.1 Å². The summed E-state index contributed by atoms with van der Waals surface area (Å²) in [5.74, 6) is -1.61. The molecule has 0 aliphatic carbocycles. The maximum Gasteiger partial charge on any atom is 0.246 e. The number of halogens is 1. The molecule has 0 saturated heterocycles. The fraction of sp³-hybridized carbons (Fsp3) is 0.385. The van der Waals surface area contributed by atoms with Crippen molar-refractivity contribution in [2.75, 3.05) is 13.2 Å². The van der Waals surface area contributed by atoms with Gasteiger partial charge in [-0.2, -0.15) is 0 Å². The van der Waals surface area contributed by atoms with Crippen LogP contribution < -0.4 is 11.1 Å². The van der Waals surface area contributed by atoms with E-state index in [0.717, 1.165) is 0 Å². The Morgan fingerprint density at radius 3 is 2.68 bits per heavy atom. The molecule has 0 aliphatic heterocycles. The number of hydrogen-bond donors (Lipinski definition) is 2. The molecule has 0 unspecified atom stereocenters. The minimum absolute atomic E-state index is 0.0138. The zero-order valence-electron chi connectivity index (χ0n) is 10.7. The van der Waals surface area contributed by atoms with E-state index in [1.165, 1.54) is 6.07 Å². The summed E-state index contributed by atoms with van der Waals surface area (Å²) in [6.45, 7) is 1.98. The molecule has 6 heteroatoms. The summed E-state index contributed by atoms with van der Waals surface area (Å²) in [5, 5.41) is 2.42. The Kier molecular flexibility index (Phi) is 5.95. The first-order valence-electron chi connectivity index (χ1n) is 5.94. The van der Waals surface area contributed by atoms with Crippen LogP contribution in [0.25, 0.3) is 0 Å². The van der Waals surface area contributed by atoms with E-state index >= 15 is 0 Å². The van der Waals surface area contributed by atoms with Crippen LogP contribution in [0, 0.1) is 5.82 Å². The monoisotopic (exact) mass is 268 g/mol. The van der Waals surface area contributed by atoms with Crippen LogP contribution in [0.4, 0.5) is 4.39 Å². The highest BCUT2D eigenvalue weighted by Gasteiger charge is 2.19. The molecule has 0 saturated carbocycles. The topological polar surface area (TPSA) is 81.4 Å². The highest BCUT2D eigenvalue weighted by Crippen LogP contribution is 2.09. The van der Waals surface area contributed by atoms with E-state index in [0.29, 0.717) is 12.2 Å². The Bertz CT molecular complexity index is 451. The van der Waals surface area contributed by atoms with Crippen molar-refractivity contribution >= 4 is 11.8 Å². The van der Waals surface area contributed by atoms with Crippen LogP contribution in [0.5, 0.6) is 0 Å². The molecule has 0 aromatic heterocycles. The zero-order valence-corrected chi connectivity index (χ0v) is 10.7. The van der Waals surface area contributed by atoms with Crippen LogP contribution in [0.2, 0.25) is 0 Å². The summed E-state index contributed by atoms with van der Waals surface area (Å²) in [6, 6.07) is 5.07. The molecule has 1 atom stereocenters. The molecule has 0 spiro atoms. The molecule has 0 radical (unpaired) electrons. The SMILES string of the molecule is CCOCC(=O)N[C@H](Cc1ccccc1F)C(N)=O. The van der Waals surface area contributed by atoms with Gasteiger partial charge < -0.3 is 15.8 Å². The van der Waals surface area contributed by atoms with Gasteiger partial charge in [0.25, 0.3) is 0 Å². The number of primary amides is 1. The van der Waals surface area contributed by atoms with E-state index in [1.54, 1.807) is 25.1 Å². The number of benzene rings is 1. The van der Waals surface area contributed by atoms with Crippen molar-refractivity contribution in [2.24, 2.45) is 5.73 Å². The van der Waals surface area contributed by atoms with Gasteiger partial charge >= 0.3 is 0 Å². The number of carbonyl (C=O) groups is 2. The number of nitrogens with two attached hydrogens (primary N) is 1. The third-order valence-electron chi connectivity index (χ3n) is 2.50. The summed E-state index contributed by atoms with van der Waals surface area (Å²) >= 11 is 0. The molecular weight excluding hydrogens is 251 g/mol. The van der Waals surface area contributed by atoms with Crippen molar-refractivity contribution in [1.82, 2.24) is 5.32 Å². The molecule has 1 rings (SSSR count). The number of hydrogen-bond acceptors (Lipinski definition) is 3. The summed E-state index contributed by atoms with van der Waals surface area (Å²) < 4.78 is 18.4. The minimum Gasteiger partial charge on any atom is -0.372 e. The molecule has 19 heavy (non-hydrogen) atoms. The lowest BCUT2D eigenvalue weighted by atomic mass is 10.0. The summed E-state index contributed by atoms with van der Waals surface area (Å²) in [5.41, 5.74) is 5.52. The van der Waals surface area contributed by atoms with E-state index in [2.05, 4.69) is 5.32 Å². The van der Waals surface area contributed by atoms with Gasteiger partial charge in [-0.15, -0.1) is 0 Å². The second-order valence-electron chi connectivity index (χ2n) is 3.96. The average Bonchev–Trinajstić information content (AvgIpc) is 2.38. The molecule has 1 aromatic carbocycles. The lowest BCUT2D eigenvalue weighted by molar-refractivity contribution is -0.130. The molecular formula is C13H17FN2O3. The first-order valence-corrected chi connectivity index (χ1v) is 5.94. The Morgan fingerprint density at radius 1 is 1.42 bits per heavy atom. The lowest BCUT2D eigenvalue weighted by Gasteiger charge is -2.15. The molecule has 3 N–H and O–H groups in total. The smallest absolute Gasteiger partial charge is 0.246 e. The number of nitrogens with one attached hydrogen (secondary N) is 1. The number of carbonyl (C=O) groups excluding carboxylic acids is 2. The van der Waals surface area contributed by atoms with Gasteiger partial charge in [0, 0.05) is 13.0 Å². The van der Waals surface area contributed by atoms with E-state index in [9.17, 15) is 14.0 Å². The van der Waals surface area contributed by atoms with Gasteiger partial charge in [0.05, 0.1) is 0 Å². The molecule has 5 nitrogen and oxygen atoms in total. The number of ether oxygens (including phenoxy) is 1. The normalized spacial score (nSPS) is 11.9. The first-order chi connectivity index (χ1) is 9.04. The van der Waals surface area contributed by atoms with Crippen molar-refractivity contribution in [2.45, 2.75) is 19.4 Å². The molecule has 1 aromatic rings. The molecule has 0 bridgehead atoms. The summed E-state index contributed by atoms with van der Waals surface area (Å²) in [4.78, 5) is 22.7. The molecule has 2 amide bonds. The minimum atomic E-state index is -0.954. The largest absolute Gasteiger partial charge is 0.372 e. The van der Waals surface area contributed by atoms with Gasteiger partial charge in [0.2, 0.25) is 11.8 Å². The third-order valence-corrected chi connectivity index (χ3v) is 2.50. The number of rotatable bonds is 7. The van der Waals surface area contributed by atoms with E-state index in [4.69, 9.17) is 10.5 Å². The van der Waals surface area contributed by atoms with Crippen LogP contribution in [0.15, 0.2) is 24.3 Å².